The van der Waals surface area contributed by atoms with Gasteiger partial charge in [0.05, 0.1) is 0 Å². The van der Waals surface area contributed by atoms with Crippen molar-refractivity contribution in [1.29, 1.82) is 0 Å². The van der Waals surface area contributed by atoms with Crippen LogP contribution >= 0.6 is 21.6 Å². The van der Waals surface area contributed by atoms with Gasteiger partial charge in [0.25, 0.3) is 0 Å². The molecule has 0 fully saturated rings. The normalized spacial score (nSPS) is 9.78. The van der Waals surface area contributed by atoms with Crippen LogP contribution < -0.4 is 0 Å². The molecule has 0 aromatic rings. The van der Waals surface area contributed by atoms with Crippen LogP contribution in [-0.4, -0.2) is 10.6 Å². The third-order valence-corrected chi connectivity index (χ3v) is 3.01. The van der Waals surface area contributed by atoms with E-state index in [9.17, 15) is 4.79 Å². The van der Waals surface area contributed by atoms with E-state index in [0.717, 1.165) is 10.8 Å². The van der Waals surface area contributed by atoms with Gasteiger partial charge in [-0.1, -0.05) is 24.6 Å². The molecule has 0 spiro atoms. The Bertz CT molecular complexity index is 93.0. The maximum absolute atomic E-state index is 10.4. The van der Waals surface area contributed by atoms with Crippen LogP contribution in [0, 0.1) is 7.11 Å². The number of rotatable bonds is 2. The van der Waals surface area contributed by atoms with Crippen molar-refractivity contribution in [2.24, 2.45) is 0 Å². The van der Waals surface area contributed by atoms with Gasteiger partial charge in [-0.3, -0.25) is 0 Å². The summed E-state index contributed by atoms with van der Waals surface area (Å²) < 4.78 is 4.15. The highest BCUT2D eigenvalue weighted by Gasteiger charge is 2.02. The van der Waals surface area contributed by atoms with Crippen molar-refractivity contribution in [3.63, 3.8) is 0 Å². The van der Waals surface area contributed by atoms with E-state index in [4.69, 9.17) is 0 Å². The molecule has 4 heteroatoms. The average Bonchev–Trinajstić information content (AvgIpc) is 1.83. The summed E-state index contributed by atoms with van der Waals surface area (Å²) in [5.74, 6) is 0. The lowest BCUT2D eigenvalue weighted by molar-refractivity contribution is 0.212. The average molecular weight is 165 g/mol. The first-order chi connectivity index (χ1) is 4.16. The first kappa shape index (κ1) is 9.17. The van der Waals surface area contributed by atoms with Crippen LogP contribution in [-0.2, 0) is 4.74 Å². The predicted octanol–water partition coefficient (Wildman–Crippen LogP) is 2.70. The van der Waals surface area contributed by atoms with Crippen molar-refractivity contribution in [2.45, 2.75) is 19.1 Å². The molecule has 2 nitrogen and oxygen atoms in total. The highest BCUT2D eigenvalue weighted by atomic mass is 33.1. The van der Waals surface area contributed by atoms with Crippen molar-refractivity contribution in [3.05, 3.63) is 7.11 Å². The summed E-state index contributed by atoms with van der Waals surface area (Å²) in [6.07, 6.45) is 0. The SMILES string of the molecule is [CH2]OC(=O)SSC(C)C. The highest BCUT2D eigenvalue weighted by Crippen LogP contribution is 2.27. The standard InChI is InChI=1S/C5H9O2S2/c1-4(2)8-9-5(6)7-3/h4H,3H2,1-2H3. The van der Waals surface area contributed by atoms with Gasteiger partial charge < -0.3 is 4.74 Å². The summed E-state index contributed by atoms with van der Waals surface area (Å²) in [7, 11) is 5.52. The lowest BCUT2D eigenvalue weighted by Gasteiger charge is -1.99. The van der Waals surface area contributed by atoms with Crippen molar-refractivity contribution in [2.75, 3.05) is 0 Å². The number of hydrogen-bond acceptors (Lipinski definition) is 4. The molecule has 0 heterocycles. The Kier molecular flexibility index (Phi) is 5.09. The van der Waals surface area contributed by atoms with E-state index in [1.165, 1.54) is 10.8 Å². The Morgan fingerprint density at radius 1 is 1.67 bits per heavy atom. The Labute approximate surface area is 63.1 Å². The van der Waals surface area contributed by atoms with E-state index < -0.39 is 0 Å². The fourth-order valence-corrected chi connectivity index (χ4v) is 1.44. The van der Waals surface area contributed by atoms with Crippen LogP contribution in [0.5, 0.6) is 0 Å². The van der Waals surface area contributed by atoms with E-state index in [-0.39, 0.29) is 5.30 Å². The van der Waals surface area contributed by atoms with E-state index in [2.05, 4.69) is 11.8 Å². The fourth-order valence-electron chi connectivity index (χ4n) is 0.160. The van der Waals surface area contributed by atoms with Crippen LogP contribution in [0.15, 0.2) is 0 Å². The van der Waals surface area contributed by atoms with Gasteiger partial charge in [0.2, 0.25) is 0 Å². The van der Waals surface area contributed by atoms with Gasteiger partial charge in [0, 0.05) is 16.0 Å². The molecule has 0 saturated heterocycles. The molecule has 0 aliphatic carbocycles. The summed E-state index contributed by atoms with van der Waals surface area (Å²) in [4.78, 5) is 10.4. The zero-order chi connectivity index (χ0) is 7.28. The molecule has 0 aliphatic heterocycles. The van der Waals surface area contributed by atoms with Gasteiger partial charge in [-0.15, -0.1) is 0 Å². The Morgan fingerprint density at radius 3 is 2.56 bits per heavy atom. The number of ether oxygens (including phenoxy) is 1. The molecule has 1 radical (unpaired) electrons. The second-order valence-corrected chi connectivity index (χ2v) is 4.34. The Morgan fingerprint density at radius 2 is 2.22 bits per heavy atom. The predicted molar refractivity (Wildman–Crippen MR) is 42.2 cm³/mol. The van der Waals surface area contributed by atoms with Crippen molar-refractivity contribution >= 4 is 26.9 Å². The zero-order valence-corrected chi connectivity index (χ0v) is 7.05. The quantitative estimate of drug-likeness (QED) is 0.464. The Balaban J connectivity index is 3.17. The number of carbonyl (C=O) groups excluding carboxylic acids is 1. The third kappa shape index (κ3) is 6.05. The molecule has 53 valence electrons. The molecule has 0 bridgehead atoms. The summed E-state index contributed by atoms with van der Waals surface area (Å²) in [5.41, 5.74) is 0. The molecule has 0 amide bonds. The number of hydrogen-bond donors (Lipinski definition) is 0. The van der Waals surface area contributed by atoms with Crippen molar-refractivity contribution in [1.82, 2.24) is 0 Å². The molecule has 0 saturated carbocycles. The Hall–Kier alpha value is 0.170. The maximum Gasteiger partial charge on any atom is 0.378 e. The second kappa shape index (κ2) is 4.99. The molecule has 0 rings (SSSR count). The monoisotopic (exact) mass is 165 g/mol. The minimum Gasteiger partial charge on any atom is -0.453 e. The summed E-state index contributed by atoms with van der Waals surface area (Å²) in [5, 5.41) is 0.0998. The van der Waals surface area contributed by atoms with Crippen molar-refractivity contribution < 1.29 is 9.53 Å². The molecule has 0 aromatic carbocycles. The smallest absolute Gasteiger partial charge is 0.378 e. The lowest BCUT2D eigenvalue weighted by atomic mass is 10.6. The van der Waals surface area contributed by atoms with Crippen LogP contribution in [0.1, 0.15) is 13.8 Å². The first-order valence-electron chi connectivity index (χ1n) is 2.46. The minimum absolute atomic E-state index is 0.339. The molecule has 0 aromatic heterocycles. The van der Waals surface area contributed by atoms with Crippen LogP contribution in [0.25, 0.3) is 0 Å². The van der Waals surface area contributed by atoms with Crippen molar-refractivity contribution in [3.8, 4) is 0 Å². The van der Waals surface area contributed by atoms with Crippen LogP contribution in [0.3, 0.4) is 0 Å². The second-order valence-electron chi connectivity index (χ2n) is 1.62. The van der Waals surface area contributed by atoms with E-state index in [1.54, 1.807) is 0 Å². The van der Waals surface area contributed by atoms with Gasteiger partial charge in [0.15, 0.2) is 0 Å². The summed E-state index contributed by atoms with van der Waals surface area (Å²) in [6, 6.07) is 0. The lowest BCUT2D eigenvalue weighted by Crippen LogP contribution is -1.88. The van der Waals surface area contributed by atoms with Gasteiger partial charge in [-0.25, -0.2) is 4.79 Å². The highest BCUT2D eigenvalue weighted by molar-refractivity contribution is 8.82. The third-order valence-electron chi connectivity index (χ3n) is 0.426. The van der Waals surface area contributed by atoms with Gasteiger partial charge >= 0.3 is 5.30 Å². The van der Waals surface area contributed by atoms with Gasteiger partial charge in [-0.2, -0.15) is 0 Å². The molecule has 0 atom stereocenters. The maximum atomic E-state index is 10.4. The van der Waals surface area contributed by atoms with E-state index >= 15 is 0 Å². The summed E-state index contributed by atoms with van der Waals surface area (Å²) in [6.45, 7) is 4.02. The van der Waals surface area contributed by atoms with Crippen LogP contribution in [0.4, 0.5) is 4.79 Å². The zero-order valence-electron chi connectivity index (χ0n) is 5.42. The van der Waals surface area contributed by atoms with E-state index in [1.807, 2.05) is 13.8 Å². The molecular formula is C5H9O2S2. The molecule has 0 N–H and O–H groups in total. The van der Waals surface area contributed by atoms with Gasteiger partial charge in [-0.05, 0) is 0 Å². The molecular weight excluding hydrogens is 156 g/mol. The summed E-state index contributed by atoms with van der Waals surface area (Å²) >= 11 is 0. The van der Waals surface area contributed by atoms with Crippen LogP contribution in [0.2, 0.25) is 0 Å². The number of carbonyl (C=O) groups is 1. The van der Waals surface area contributed by atoms with Gasteiger partial charge in [0.1, 0.15) is 7.11 Å². The first-order valence-corrected chi connectivity index (χ1v) is 4.67. The molecule has 9 heavy (non-hydrogen) atoms. The largest absolute Gasteiger partial charge is 0.453 e. The minimum atomic E-state index is -0.339. The fraction of sp³-hybridized carbons (Fsp3) is 0.600. The van der Waals surface area contributed by atoms with E-state index in [0.29, 0.717) is 5.25 Å². The molecule has 0 aliphatic rings. The molecule has 0 unspecified atom stereocenters. The topological polar surface area (TPSA) is 26.3 Å².